The number of hydrogen-bond donors (Lipinski definition) is 1. The molecule has 0 saturated carbocycles. The molecule has 2 rings (SSSR count). The highest BCUT2D eigenvalue weighted by molar-refractivity contribution is 6.35. The average molecular weight is 311 g/mol. The van der Waals surface area contributed by atoms with Crippen LogP contribution in [0.5, 0.6) is 0 Å². The maximum Gasteiger partial charge on any atom is 0.328 e. The second-order valence-electron chi connectivity index (χ2n) is 4.03. The number of aliphatic carboxylic acids is 1. The van der Waals surface area contributed by atoms with E-state index in [9.17, 15) is 9.18 Å². The van der Waals surface area contributed by atoms with Gasteiger partial charge >= 0.3 is 5.97 Å². The van der Waals surface area contributed by atoms with Crippen LogP contribution in [0, 0.1) is 5.82 Å². The summed E-state index contributed by atoms with van der Waals surface area (Å²) in [4.78, 5) is 10.6. The van der Waals surface area contributed by atoms with Crippen LogP contribution in [0.15, 0.2) is 42.5 Å². The van der Waals surface area contributed by atoms with Gasteiger partial charge in [-0.1, -0.05) is 29.3 Å². The molecule has 0 aliphatic heterocycles. The van der Waals surface area contributed by atoms with Crippen LogP contribution in [0.25, 0.3) is 17.2 Å². The quantitative estimate of drug-likeness (QED) is 0.819. The zero-order chi connectivity index (χ0) is 14.7. The smallest absolute Gasteiger partial charge is 0.328 e. The topological polar surface area (TPSA) is 37.3 Å². The zero-order valence-corrected chi connectivity index (χ0v) is 11.6. The lowest BCUT2D eigenvalue weighted by molar-refractivity contribution is -0.131. The van der Waals surface area contributed by atoms with Crippen molar-refractivity contribution in [2.45, 2.75) is 0 Å². The fourth-order valence-electron chi connectivity index (χ4n) is 1.78. The third kappa shape index (κ3) is 3.38. The van der Waals surface area contributed by atoms with Gasteiger partial charge in [0.15, 0.2) is 0 Å². The molecular weight excluding hydrogens is 302 g/mol. The van der Waals surface area contributed by atoms with E-state index in [0.717, 1.165) is 6.08 Å². The third-order valence-corrected chi connectivity index (χ3v) is 3.20. The summed E-state index contributed by atoms with van der Waals surface area (Å²) in [5, 5.41) is 9.61. The summed E-state index contributed by atoms with van der Waals surface area (Å²) in [6, 6.07) is 8.98. The first kappa shape index (κ1) is 14.6. The molecule has 0 aromatic heterocycles. The summed E-state index contributed by atoms with van der Waals surface area (Å²) in [7, 11) is 0. The molecule has 2 aromatic rings. The lowest BCUT2D eigenvalue weighted by atomic mass is 9.99. The first-order valence-corrected chi connectivity index (χ1v) is 6.39. The molecule has 102 valence electrons. The van der Waals surface area contributed by atoms with Crippen LogP contribution in [-0.2, 0) is 4.79 Å². The highest BCUT2D eigenvalue weighted by Gasteiger charge is 2.09. The molecule has 0 heterocycles. The molecule has 2 aromatic carbocycles. The van der Waals surface area contributed by atoms with E-state index in [1.54, 1.807) is 18.2 Å². The standard InChI is InChI=1S/C15H9Cl2FO2/c16-10-2-5-14(17)13(8-10)12-4-3-11(18)7-9(12)1-6-15(19)20/h1-8H,(H,19,20)/b6-1+. The van der Waals surface area contributed by atoms with Crippen molar-refractivity contribution < 1.29 is 14.3 Å². The molecule has 0 fully saturated rings. The third-order valence-electron chi connectivity index (χ3n) is 2.64. The number of rotatable bonds is 3. The SMILES string of the molecule is O=C(O)/C=C/c1cc(F)ccc1-c1cc(Cl)ccc1Cl. The van der Waals surface area contributed by atoms with Gasteiger partial charge in [0.25, 0.3) is 0 Å². The van der Waals surface area contributed by atoms with E-state index in [2.05, 4.69) is 0 Å². The predicted molar refractivity (Wildman–Crippen MR) is 78.5 cm³/mol. The minimum Gasteiger partial charge on any atom is -0.478 e. The molecule has 0 aliphatic rings. The predicted octanol–water partition coefficient (Wildman–Crippen LogP) is 4.90. The Hall–Kier alpha value is -1.84. The number of halogens is 3. The van der Waals surface area contributed by atoms with E-state index in [1.807, 2.05) is 0 Å². The van der Waals surface area contributed by atoms with Gasteiger partial charge in [-0.25, -0.2) is 9.18 Å². The Morgan fingerprint density at radius 2 is 1.85 bits per heavy atom. The van der Waals surface area contributed by atoms with E-state index >= 15 is 0 Å². The van der Waals surface area contributed by atoms with E-state index in [-0.39, 0.29) is 0 Å². The van der Waals surface area contributed by atoms with Crippen molar-refractivity contribution in [1.29, 1.82) is 0 Å². The van der Waals surface area contributed by atoms with Gasteiger partial charge in [0.1, 0.15) is 5.82 Å². The molecule has 20 heavy (non-hydrogen) atoms. The molecule has 0 atom stereocenters. The first-order valence-electron chi connectivity index (χ1n) is 5.63. The second kappa shape index (κ2) is 6.07. The van der Waals surface area contributed by atoms with Crippen LogP contribution < -0.4 is 0 Å². The van der Waals surface area contributed by atoms with Crippen LogP contribution in [0.2, 0.25) is 10.0 Å². The number of carboxylic acid groups (broad SMARTS) is 1. The largest absolute Gasteiger partial charge is 0.478 e. The summed E-state index contributed by atoms with van der Waals surface area (Å²) in [6.07, 6.45) is 2.26. The summed E-state index contributed by atoms with van der Waals surface area (Å²) in [5.74, 6) is -1.57. The number of hydrogen-bond acceptors (Lipinski definition) is 1. The van der Waals surface area contributed by atoms with Gasteiger partial charge in [0, 0.05) is 21.7 Å². The van der Waals surface area contributed by atoms with Crippen molar-refractivity contribution >= 4 is 35.2 Å². The molecule has 0 bridgehead atoms. The minimum absolute atomic E-state index is 0.413. The van der Waals surface area contributed by atoms with Crippen molar-refractivity contribution in [3.63, 3.8) is 0 Å². The fraction of sp³-hybridized carbons (Fsp3) is 0. The van der Waals surface area contributed by atoms with E-state index in [1.165, 1.54) is 24.3 Å². The molecule has 0 amide bonds. The molecule has 0 saturated heterocycles. The van der Waals surface area contributed by atoms with Crippen LogP contribution in [-0.4, -0.2) is 11.1 Å². The normalized spacial score (nSPS) is 10.9. The highest BCUT2D eigenvalue weighted by atomic mass is 35.5. The number of carboxylic acids is 1. The van der Waals surface area contributed by atoms with Crippen molar-refractivity contribution in [1.82, 2.24) is 0 Å². The van der Waals surface area contributed by atoms with Gasteiger partial charge in [0.05, 0.1) is 0 Å². The van der Waals surface area contributed by atoms with Gasteiger partial charge in [-0.3, -0.25) is 0 Å². The highest BCUT2D eigenvalue weighted by Crippen LogP contribution is 2.33. The van der Waals surface area contributed by atoms with Crippen LogP contribution in [0.3, 0.4) is 0 Å². The lowest BCUT2D eigenvalue weighted by Gasteiger charge is -2.09. The van der Waals surface area contributed by atoms with E-state index in [4.69, 9.17) is 28.3 Å². The Kier molecular flexibility index (Phi) is 4.42. The molecule has 0 spiro atoms. The molecular formula is C15H9Cl2FO2. The van der Waals surface area contributed by atoms with Gasteiger partial charge in [-0.05, 0) is 47.5 Å². The van der Waals surface area contributed by atoms with Gasteiger partial charge in [-0.15, -0.1) is 0 Å². The van der Waals surface area contributed by atoms with Gasteiger partial charge in [0.2, 0.25) is 0 Å². The Morgan fingerprint density at radius 3 is 2.55 bits per heavy atom. The Balaban J connectivity index is 2.61. The van der Waals surface area contributed by atoms with Crippen molar-refractivity contribution in [2.75, 3.05) is 0 Å². The monoisotopic (exact) mass is 310 g/mol. The first-order chi connectivity index (χ1) is 9.47. The van der Waals surface area contributed by atoms with Crippen LogP contribution >= 0.6 is 23.2 Å². The summed E-state index contributed by atoms with van der Waals surface area (Å²) < 4.78 is 13.3. The lowest BCUT2D eigenvalue weighted by Crippen LogP contribution is -1.90. The maximum absolute atomic E-state index is 13.3. The van der Waals surface area contributed by atoms with Crippen molar-refractivity contribution in [3.8, 4) is 11.1 Å². The molecule has 0 radical (unpaired) electrons. The Morgan fingerprint density at radius 1 is 1.10 bits per heavy atom. The summed E-state index contributed by atoms with van der Waals surface area (Å²) >= 11 is 12.0. The maximum atomic E-state index is 13.3. The van der Waals surface area contributed by atoms with Gasteiger partial charge < -0.3 is 5.11 Å². The summed E-state index contributed by atoms with van der Waals surface area (Å²) in [6.45, 7) is 0. The van der Waals surface area contributed by atoms with Crippen LogP contribution in [0.4, 0.5) is 4.39 Å². The second-order valence-corrected chi connectivity index (χ2v) is 4.87. The molecule has 2 nitrogen and oxygen atoms in total. The van der Waals surface area contributed by atoms with Crippen molar-refractivity contribution in [2.24, 2.45) is 0 Å². The van der Waals surface area contributed by atoms with Gasteiger partial charge in [-0.2, -0.15) is 0 Å². The average Bonchev–Trinajstić information content (AvgIpc) is 2.39. The van der Waals surface area contributed by atoms with Crippen LogP contribution in [0.1, 0.15) is 5.56 Å². The number of carbonyl (C=O) groups is 1. The summed E-state index contributed by atoms with van der Waals surface area (Å²) in [5.41, 5.74) is 1.64. The number of benzene rings is 2. The molecule has 0 unspecified atom stereocenters. The molecule has 1 N–H and O–H groups in total. The zero-order valence-electron chi connectivity index (χ0n) is 10.1. The minimum atomic E-state index is -1.11. The van der Waals surface area contributed by atoms with E-state index in [0.29, 0.717) is 26.7 Å². The fourth-order valence-corrected chi connectivity index (χ4v) is 2.17. The molecule has 5 heteroatoms. The Labute approximate surface area is 125 Å². The molecule has 0 aliphatic carbocycles. The van der Waals surface area contributed by atoms with Crippen molar-refractivity contribution in [3.05, 3.63) is 63.9 Å². The van der Waals surface area contributed by atoms with E-state index < -0.39 is 11.8 Å². The Bertz CT molecular complexity index is 696.